The summed E-state index contributed by atoms with van der Waals surface area (Å²) in [4.78, 5) is 7.81. The average Bonchev–Trinajstić information content (AvgIpc) is 2.44. The van der Waals surface area contributed by atoms with Crippen molar-refractivity contribution < 1.29 is 4.74 Å². The van der Waals surface area contributed by atoms with E-state index >= 15 is 0 Å². The molecule has 0 spiro atoms. The summed E-state index contributed by atoms with van der Waals surface area (Å²) in [5.41, 5.74) is 7.94. The van der Waals surface area contributed by atoms with Crippen molar-refractivity contribution in [2.24, 2.45) is 0 Å². The maximum atomic E-state index is 5.56. The molecule has 0 aliphatic rings. The van der Waals surface area contributed by atoms with E-state index in [9.17, 15) is 0 Å². The monoisotopic (exact) mass is 275 g/mol. The van der Waals surface area contributed by atoms with Crippen LogP contribution < -0.4 is 10.5 Å². The highest BCUT2D eigenvalue weighted by Gasteiger charge is 1.99. The minimum Gasteiger partial charge on any atom is -0.473 e. The van der Waals surface area contributed by atoms with E-state index in [1.807, 2.05) is 11.8 Å². The van der Waals surface area contributed by atoms with Gasteiger partial charge in [-0.2, -0.15) is 16.7 Å². The predicted octanol–water partition coefficient (Wildman–Crippen LogP) is 2.89. The Hall–Kier alpha value is -1.75. The van der Waals surface area contributed by atoms with Crippen molar-refractivity contribution in [2.75, 3.05) is 11.5 Å². The molecule has 2 rings (SSSR count). The predicted molar refractivity (Wildman–Crippen MR) is 79.1 cm³/mol. The van der Waals surface area contributed by atoms with Crippen molar-refractivity contribution >= 4 is 17.7 Å². The minimum atomic E-state index is 0.226. The van der Waals surface area contributed by atoms with Gasteiger partial charge in [0.25, 0.3) is 0 Å². The first-order valence-electron chi connectivity index (χ1n) is 6.15. The van der Waals surface area contributed by atoms with Gasteiger partial charge in [0.05, 0.1) is 0 Å². The lowest BCUT2D eigenvalue weighted by molar-refractivity contribution is 0.294. The summed E-state index contributed by atoms with van der Waals surface area (Å²) < 4.78 is 5.56. The standard InChI is InChI=1S/C14H17N3OS/c1-2-19-10-12-5-3-11(4-6-12)9-18-13-7-8-16-14(15)17-13/h3-8H,2,9-10H2,1H3,(H2,15,16,17). The lowest BCUT2D eigenvalue weighted by Crippen LogP contribution is -2.00. The van der Waals surface area contributed by atoms with Gasteiger partial charge in [-0.05, 0) is 16.9 Å². The van der Waals surface area contributed by atoms with E-state index in [0.29, 0.717) is 12.5 Å². The van der Waals surface area contributed by atoms with Gasteiger partial charge in [-0.15, -0.1) is 0 Å². The van der Waals surface area contributed by atoms with Crippen LogP contribution in [-0.2, 0) is 12.4 Å². The minimum absolute atomic E-state index is 0.226. The highest BCUT2D eigenvalue weighted by atomic mass is 32.2. The summed E-state index contributed by atoms with van der Waals surface area (Å²) >= 11 is 1.92. The Morgan fingerprint density at radius 2 is 1.89 bits per heavy atom. The van der Waals surface area contributed by atoms with Gasteiger partial charge in [-0.3, -0.25) is 0 Å². The Bertz CT molecular complexity index is 516. The first kappa shape index (κ1) is 13.7. The lowest BCUT2D eigenvalue weighted by Gasteiger charge is -2.06. The van der Waals surface area contributed by atoms with E-state index in [4.69, 9.17) is 10.5 Å². The molecule has 0 saturated heterocycles. The zero-order valence-corrected chi connectivity index (χ0v) is 11.7. The molecular weight excluding hydrogens is 258 g/mol. The van der Waals surface area contributed by atoms with Gasteiger partial charge >= 0.3 is 0 Å². The van der Waals surface area contributed by atoms with Gasteiger partial charge in [-0.25, -0.2) is 4.98 Å². The summed E-state index contributed by atoms with van der Waals surface area (Å²) in [5, 5.41) is 0. The molecule has 0 aliphatic carbocycles. The SMILES string of the molecule is CCSCc1ccc(COc2ccnc(N)n2)cc1. The van der Waals surface area contributed by atoms with Crippen LogP contribution in [0.15, 0.2) is 36.5 Å². The molecule has 0 bridgehead atoms. The highest BCUT2D eigenvalue weighted by Crippen LogP contribution is 2.14. The Morgan fingerprint density at radius 3 is 2.58 bits per heavy atom. The van der Waals surface area contributed by atoms with Crippen molar-refractivity contribution in [1.82, 2.24) is 9.97 Å². The van der Waals surface area contributed by atoms with Crippen molar-refractivity contribution in [2.45, 2.75) is 19.3 Å². The van der Waals surface area contributed by atoms with Crippen LogP contribution in [0.2, 0.25) is 0 Å². The van der Waals surface area contributed by atoms with Crippen LogP contribution in [0, 0.1) is 0 Å². The van der Waals surface area contributed by atoms with Crippen LogP contribution in [0.3, 0.4) is 0 Å². The fourth-order valence-electron chi connectivity index (χ4n) is 1.55. The van der Waals surface area contributed by atoms with Crippen LogP contribution in [-0.4, -0.2) is 15.7 Å². The molecule has 0 atom stereocenters. The number of benzene rings is 1. The molecule has 0 saturated carbocycles. The smallest absolute Gasteiger partial charge is 0.223 e. The third-order valence-electron chi connectivity index (χ3n) is 2.53. The summed E-state index contributed by atoms with van der Waals surface area (Å²) in [6, 6.07) is 10.1. The summed E-state index contributed by atoms with van der Waals surface area (Å²) in [6.07, 6.45) is 1.59. The van der Waals surface area contributed by atoms with E-state index in [2.05, 4.69) is 41.2 Å². The number of rotatable bonds is 6. The summed E-state index contributed by atoms with van der Waals surface area (Å²) in [6.45, 7) is 2.65. The molecule has 1 aromatic heterocycles. The molecular formula is C14H17N3OS. The maximum Gasteiger partial charge on any atom is 0.223 e. The fraction of sp³-hybridized carbons (Fsp3) is 0.286. The normalized spacial score (nSPS) is 10.4. The topological polar surface area (TPSA) is 61.0 Å². The molecule has 4 nitrogen and oxygen atoms in total. The molecule has 19 heavy (non-hydrogen) atoms. The maximum absolute atomic E-state index is 5.56. The molecule has 0 radical (unpaired) electrons. The van der Waals surface area contributed by atoms with E-state index in [1.165, 1.54) is 5.56 Å². The van der Waals surface area contributed by atoms with E-state index in [-0.39, 0.29) is 5.95 Å². The van der Waals surface area contributed by atoms with Gasteiger partial charge in [0.2, 0.25) is 11.8 Å². The molecule has 0 aliphatic heterocycles. The molecule has 0 amide bonds. The largest absolute Gasteiger partial charge is 0.473 e. The van der Waals surface area contributed by atoms with Gasteiger partial charge in [0.15, 0.2) is 0 Å². The quantitative estimate of drug-likeness (QED) is 0.878. The number of nitrogens with two attached hydrogens (primary N) is 1. The number of hydrogen-bond donors (Lipinski definition) is 1. The van der Waals surface area contributed by atoms with E-state index in [0.717, 1.165) is 17.1 Å². The zero-order valence-electron chi connectivity index (χ0n) is 10.9. The Balaban J connectivity index is 1.89. The molecule has 0 fully saturated rings. The van der Waals surface area contributed by atoms with Gasteiger partial charge in [0.1, 0.15) is 6.61 Å². The number of ether oxygens (including phenoxy) is 1. The van der Waals surface area contributed by atoms with Crippen LogP contribution >= 0.6 is 11.8 Å². The molecule has 2 N–H and O–H groups in total. The molecule has 1 heterocycles. The van der Waals surface area contributed by atoms with Crippen LogP contribution in [0.25, 0.3) is 0 Å². The second-order valence-electron chi connectivity index (χ2n) is 4.00. The van der Waals surface area contributed by atoms with E-state index < -0.39 is 0 Å². The Labute approximate surface area is 117 Å². The average molecular weight is 275 g/mol. The molecule has 0 unspecified atom stereocenters. The summed E-state index contributed by atoms with van der Waals surface area (Å²) in [5.74, 6) is 2.92. The lowest BCUT2D eigenvalue weighted by atomic mass is 10.2. The van der Waals surface area contributed by atoms with Gasteiger partial charge in [-0.1, -0.05) is 31.2 Å². The number of nitrogen functional groups attached to an aromatic ring is 1. The van der Waals surface area contributed by atoms with Crippen LogP contribution in [0.5, 0.6) is 5.88 Å². The Morgan fingerprint density at radius 1 is 1.16 bits per heavy atom. The number of hydrogen-bond acceptors (Lipinski definition) is 5. The summed E-state index contributed by atoms with van der Waals surface area (Å²) in [7, 11) is 0. The number of nitrogens with zero attached hydrogens (tertiary/aromatic N) is 2. The van der Waals surface area contributed by atoms with Crippen molar-refractivity contribution in [3.63, 3.8) is 0 Å². The van der Waals surface area contributed by atoms with E-state index in [1.54, 1.807) is 12.3 Å². The molecule has 100 valence electrons. The third-order valence-corrected chi connectivity index (χ3v) is 3.48. The van der Waals surface area contributed by atoms with Gasteiger partial charge < -0.3 is 10.5 Å². The molecule has 1 aromatic carbocycles. The fourth-order valence-corrected chi connectivity index (χ4v) is 2.18. The molecule has 2 aromatic rings. The number of anilines is 1. The second-order valence-corrected chi connectivity index (χ2v) is 5.27. The number of thioether (sulfide) groups is 1. The van der Waals surface area contributed by atoms with Crippen LogP contribution in [0.1, 0.15) is 18.1 Å². The molecule has 5 heteroatoms. The highest BCUT2D eigenvalue weighted by molar-refractivity contribution is 7.98. The van der Waals surface area contributed by atoms with Crippen LogP contribution in [0.4, 0.5) is 5.95 Å². The first-order valence-corrected chi connectivity index (χ1v) is 7.30. The number of aromatic nitrogens is 2. The van der Waals surface area contributed by atoms with Crippen molar-refractivity contribution in [1.29, 1.82) is 0 Å². The van der Waals surface area contributed by atoms with Crippen molar-refractivity contribution in [3.8, 4) is 5.88 Å². The third kappa shape index (κ3) is 4.44. The Kier molecular flexibility index (Phi) is 5.03. The van der Waals surface area contributed by atoms with Gasteiger partial charge in [0, 0.05) is 18.0 Å². The van der Waals surface area contributed by atoms with Crippen molar-refractivity contribution in [3.05, 3.63) is 47.7 Å². The zero-order chi connectivity index (χ0) is 13.5. The first-order chi connectivity index (χ1) is 9.28. The second kappa shape index (κ2) is 6.99.